The lowest BCUT2D eigenvalue weighted by atomic mass is 10.2. The molecule has 4 nitrogen and oxygen atoms in total. The van der Waals surface area contributed by atoms with Gasteiger partial charge in [-0.25, -0.2) is 5.43 Å². The lowest BCUT2D eigenvalue weighted by Crippen LogP contribution is -2.17. The maximum absolute atomic E-state index is 11.7. The predicted octanol–water partition coefficient (Wildman–Crippen LogP) is 2.54. The van der Waals surface area contributed by atoms with Gasteiger partial charge in [-0.1, -0.05) is 22.0 Å². The third-order valence-corrected chi connectivity index (χ3v) is 2.57. The molecule has 1 aromatic heterocycles. The Labute approximate surface area is 107 Å². The molecule has 0 saturated carbocycles. The lowest BCUT2D eigenvalue weighted by molar-refractivity contribution is 0.0955. The van der Waals surface area contributed by atoms with Crippen LogP contribution in [0.2, 0.25) is 0 Å². The predicted molar refractivity (Wildman–Crippen MR) is 70.0 cm³/mol. The van der Waals surface area contributed by atoms with Gasteiger partial charge in [0.05, 0.1) is 11.9 Å². The topological polar surface area (TPSA) is 57.2 Å². The van der Waals surface area contributed by atoms with Crippen LogP contribution in [0.15, 0.2) is 52.2 Å². The zero-order valence-corrected chi connectivity index (χ0v) is 10.4. The summed E-state index contributed by atoms with van der Waals surface area (Å²) in [7, 11) is 0. The highest BCUT2D eigenvalue weighted by Crippen LogP contribution is 2.11. The summed E-state index contributed by atoms with van der Waals surface area (Å²) in [5.74, 6) is -0.242. The third kappa shape index (κ3) is 3.29. The second-order valence-corrected chi connectivity index (χ2v) is 4.25. The summed E-state index contributed by atoms with van der Waals surface area (Å²) in [6, 6.07) is 10.8. The number of rotatable bonds is 3. The number of hydrogen-bond donors (Lipinski definition) is 2. The van der Waals surface area contributed by atoms with Crippen molar-refractivity contribution >= 4 is 28.1 Å². The fourth-order valence-electron chi connectivity index (χ4n) is 1.28. The van der Waals surface area contributed by atoms with Gasteiger partial charge in [0.15, 0.2) is 0 Å². The maximum Gasteiger partial charge on any atom is 0.271 e. The Hall–Kier alpha value is -1.88. The van der Waals surface area contributed by atoms with Gasteiger partial charge in [0.1, 0.15) is 0 Å². The van der Waals surface area contributed by atoms with Gasteiger partial charge in [-0.15, -0.1) is 0 Å². The minimum Gasteiger partial charge on any atom is -0.360 e. The molecule has 0 spiro atoms. The highest BCUT2D eigenvalue weighted by Gasteiger charge is 2.03. The fourth-order valence-corrected chi connectivity index (χ4v) is 1.68. The number of hydrogen-bond acceptors (Lipinski definition) is 2. The van der Waals surface area contributed by atoms with Crippen LogP contribution in [0.5, 0.6) is 0 Å². The van der Waals surface area contributed by atoms with E-state index in [1.807, 2.05) is 18.2 Å². The van der Waals surface area contributed by atoms with Gasteiger partial charge in [0, 0.05) is 16.2 Å². The molecule has 17 heavy (non-hydrogen) atoms. The quantitative estimate of drug-likeness (QED) is 0.663. The first kappa shape index (κ1) is 11.6. The van der Waals surface area contributed by atoms with Crippen molar-refractivity contribution in [3.63, 3.8) is 0 Å². The minimum atomic E-state index is -0.242. The largest absolute Gasteiger partial charge is 0.360 e. The molecule has 2 rings (SSSR count). The van der Waals surface area contributed by atoms with Crippen LogP contribution in [0.3, 0.4) is 0 Å². The monoisotopic (exact) mass is 291 g/mol. The summed E-state index contributed by atoms with van der Waals surface area (Å²) in [5.41, 5.74) is 3.85. The number of H-pyrrole nitrogens is 1. The van der Waals surface area contributed by atoms with Crippen molar-refractivity contribution in [2.24, 2.45) is 5.10 Å². The van der Waals surface area contributed by atoms with Crippen LogP contribution in [0.25, 0.3) is 0 Å². The van der Waals surface area contributed by atoms with E-state index in [0.29, 0.717) is 5.56 Å². The summed E-state index contributed by atoms with van der Waals surface area (Å²) in [6.45, 7) is 0. The Morgan fingerprint density at radius 2 is 2.24 bits per heavy atom. The van der Waals surface area contributed by atoms with Crippen LogP contribution in [0.4, 0.5) is 0 Å². The summed E-state index contributed by atoms with van der Waals surface area (Å²) in [6.07, 6.45) is 3.34. The van der Waals surface area contributed by atoms with E-state index in [0.717, 1.165) is 10.2 Å². The number of aromatic amines is 1. The summed E-state index contributed by atoms with van der Waals surface area (Å²) >= 11 is 3.31. The molecule has 5 heteroatoms. The number of benzene rings is 1. The molecule has 0 aliphatic carbocycles. The van der Waals surface area contributed by atoms with Gasteiger partial charge in [-0.05, 0) is 30.3 Å². The first-order valence-corrected chi connectivity index (χ1v) is 5.77. The average molecular weight is 292 g/mol. The van der Waals surface area contributed by atoms with E-state index in [2.05, 4.69) is 31.4 Å². The molecule has 86 valence electrons. The molecule has 0 saturated heterocycles. The number of carbonyl (C=O) groups is 1. The SMILES string of the molecule is O=C(N/N=C/c1ccc[nH]1)c1cccc(Br)c1. The summed E-state index contributed by atoms with van der Waals surface area (Å²) < 4.78 is 0.860. The molecule has 2 aromatic rings. The smallest absolute Gasteiger partial charge is 0.271 e. The zero-order chi connectivity index (χ0) is 12.1. The van der Waals surface area contributed by atoms with Crippen molar-refractivity contribution in [3.05, 3.63) is 58.3 Å². The molecule has 1 aromatic carbocycles. The Balaban J connectivity index is 1.98. The van der Waals surface area contributed by atoms with Crippen molar-refractivity contribution in [2.45, 2.75) is 0 Å². The molecular weight excluding hydrogens is 282 g/mol. The molecule has 0 aliphatic rings. The highest BCUT2D eigenvalue weighted by atomic mass is 79.9. The Morgan fingerprint density at radius 3 is 2.94 bits per heavy atom. The molecule has 0 atom stereocenters. The van der Waals surface area contributed by atoms with Crippen molar-refractivity contribution in [2.75, 3.05) is 0 Å². The first-order valence-electron chi connectivity index (χ1n) is 4.98. The number of halogens is 1. The van der Waals surface area contributed by atoms with E-state index < -0.39 is 0 Å². The minimum absolute atomic E-state index is 0.242. The molecule has 0 unspecified atom stereocenters. The number of nitrogens with zero attached hydrogens (tertiary/aromatic N) is 1. The number of carbonyl (C=O) groups excluding carboxylic acids is 1. The van der Waals surface area contributed by atoms with Crippen LogP contribution in [0.1, 0.15) is 16.1 Å². The van der Waals surface area contributed by atoms with Gasteiger partial charge in [0.25, 0.3) is 5.91 Å². The van der Waals surface area contributed by atoms with Crippen molar-refractivity contribution in [3.8, 4) is 0 Å². The zero-order valence-electron chi connectivity index (χ0n) is 8.85. The average Bonchev–Trinajstić information content (AvgIpc) is 2.82. The summed E-state index contributed by atoms with van der Waals surface area (Å²) in [4.78, 5) is 14.6. The van der Waals surface area contributed by atoms with Gasteiger partial charge in [-0.2, -0.15) is 5.10 Å². The highest BCUT2D eigenvalue weighted by molar-refractivity contribution is 9.10. The molecular formula is C12H10BrN3O. The van der Waals surface area contributed by atoms with Crippen LogP contribution in [0, 0.1) is 0 Å². The molecule has 2 N–H and O–H groups in total. The normalized spacial score (nSPS) is 10.6. The van der Waals surface area contributed by atoms with E-state index in [4.69, 9.17) is 0 Å². The van der Waals surface area contributed by atoms with Crippen molar-refractivity contribution < 1.29 is 4.79 Å². The Morgan fingerprint density at radius 1 is 1.35 bits per heavy atom. The second kappa shape index (κ2) is 5.45. The fraction of sp³-hybridized carbons (Fsp3) is 0. The molecule has 0 fully saturated rings. The van der Waals surface area contributed by atoms with E-state index in [9.17, 15) is 4.79 Å². The number of aromatic nitrogens is 1. The van der Waals surface area contributed by atoms with E-state index in [1.165, 1.54) is 0 Å². The van der Waals surface area contributed by atoms with Gasteiger partial charge in [-0.3, -0.25) is 4.79 Å². The lowest BCUT2D eigenvalue weighted by Gasteiger charge is -1.99. The standard InChI is InChI=1S/C12H10BrN3O/c13-10-4-1-3-9(7-10)12(17)16-15-8-11-5-2-6-14-11/h1-8,14H,(H,16,17)/b15-8+. The van der Waals surface area contributed by atoms with Crippen molar-refractivity contribution in [1.82, 2.24) is 10.4 Å². The molecule has 0 aliphatic heterocycles. The molecule has 1 heterocycles. The molecule has 1 amide bonds. The van der Waals surface area contributed by atoms with Gasteiger partial charge < -0.3 is 4.98 Å². The third-order valence-electron chi connectivity index (χ3n) is 2.08. The molecule has 0 bridgehead atoms. The van der Waals surface area contributed by atoms with E-state index >= 15 is 0 Å². The second-order valence-electron chi connectivity index (χ2n) is 3.33. The van der Waals surface area contributed by atoms with Crippen LogP contribution >= 0.6 is 15.9 Å². The number of nitrogens with one attached hydrogen (secondary N) is 2. The Kier molecular flexibility index (Phi) is 3.72. The van der Waals surface area contributed by atoms with Crippen LogP contribution < -0.4 is 5.43 Å². The van der Waals surface area contributed by atoms with Crippen LogP contribution in [-0.4, -0.2) is 17.1 Å². The maximum atomic E-state index is 11.7. The van der Waals surface area contributed by atoms with E-state index in [-0.39, 0.29) is 5.91 Å². The Bertz CT molecular complexity index is 534. The van der Waals surface area contributed by atoms with E-state index in [1.54, 1.807) is 30.6 Å². The van der Waals surface area contributed by atoms with Crippen LogP contribution in [-0.2, 0) is 0 Å². The van der Waals surface area contributed by atoms with Gasteiger partial charge in [0.2, 0.25) is 0 Å². The first-order chi connectivity index (χ1) is 8.25. The number of hydrazone groups is 1. The van der Waals surface area contributed by atoms with Crippen molar-refractivity contribution in [1.29, 1.82) is 0 Å². The van der Waals surface area contributed by atoms with Gasteiger partial charge >= 0.3 is 0 Å². The number of amides is 1. The molecule has 0 radical (unpaired) electrons. The summed E-state index contributed by atoms with van der Waals surface area (Å²) in [5, 5.41) is 3.85.